The molecule has 0 fully saturated rings. The summed E-state index contributed by atoms with van der Waals surface area (Å²) in [5, 5.41) is 30.9. The van der Waals surface area contributed by atoms with Crippen molar-refractivity contribution in [3.8, 4) is 12.1 Å². The van der Waals surface area contributed by atoms with E-state index in [0.29, 0.717) is 0 Å². The molecule has 80 valence electrons. The van der Waals surface area contributed by atoms with Crippen molar-refractivity contribution in [1.29, 1.82) is 10.5 Å². The molecule has 0 saturated heterocycles. The summed E-state index contributed by atoms with van der Waals surface area (Å²) < 4.78 is 0. The summed E-state index contributed by atoms with van der Waals surface area (Å²) in [6, 6.07) is 3.50. The van der Waals surface area contributed by atoms with Gasteiger partial charge in [0.1, 0.15) is 0 Å². The van der Waals surface area contributed by atoms with Gasteiger partial charge >= 0.3 is 51.4 Å². The third-order valence-corrected chi connectivity index (χ3v) is 0. The van der Waals surface area contributed by atoms with Crippen LogP contribution in [0.15, 0.2) is 0 Å². The van der Waals surface area contributed by atoms with Gasteiger partial charge in [-0.25, -0.2) is 0 Å². The molecule has 0 heterocycles. The summed E-state index contributed by atoms with van der Waals surface area (Å²) in [5.41, 5.74) is 0. The number of nitriles is 2. The smallest absolute Gasteiger partial charge is 0.550 e. The van der Waals surface area contributed by atoms with Gasteiger partial charge in [0.15, 0.2) is 0 Å². The van der Waals surface area contributed by atoms with E-state index < -0.39 is 11.9 Å². The Balaban J connectivity index is -0.0000000293. The normalized spacial score (nSPS) is 4.40. The van der Waals surface area contributed by atoms with E-state index in [1.54, 1.807) is 12.1 Å². The average Bonchev–Trinajstić information content (AvgIpc) is 1.85. The second kappa shape index (κ2) is 37.4. The number of hydrogen-bond acceptors (Lipinski definition) is 5. The Kier molecular flexibility index (Phi) is 73.1. The molecule has 7 heteroatoms. The van der Waals surface area contributed by atoms with Crippen LogP contribution < -0.4 is 56.5 Å². The van der Waals surface area contributed by atoms with E-state index in [0.717, 1.165) is 13.8 Å². The summed E-state index contributed by atoms with van der Waals surface area (Å²) >= 11 is 0. The number of aliphatic carboxylic acids is 2. The molecule has 0 saturated carbocycles. The number of carboxylic acid groups (broad SMARTS) is 2. The average molecular weight is 240 g/mol. The number of carbonyl (C=O) groups excluding carboxylic acids is 1. The van der Waals surface area contributed by atoms with E-state index in [-0.39, 0.29) is 51.4 Å². The van der Waals surface area contributed by atoms with Gasteiger partial charge in [0.2, 0.25) is 0 Å². The number of carboxylic acids is 2. The molecule has 0 aliphatic heterocycles. The van der Waals surface area contributed by atoms with Crippen LogP contribution >= 0.6 is 0 Å². The minimum atomic E-state index is -1.08. The minimum absolute atomic E-state index is 0. The molecule has 0 unspecified atom stereocenters. The maximum atomic E-state index is 9.00. The Labute approximate surface area is 132 Å². The van der Waals surface area contributed by atoms with Crippen LogP contribution in [-0.2, 0) is 9.59 Å². The Bertz CT molecular complexity index is 186. The third-order valence-electron chi connectivity index (χ3n) is 0. The number of nitrogens with zero attached hydrogens (tertiary/aromatic N) is 2. The molecule has 0 aliphatic rings. The predicted octanol–water partition coefficient (Wildman–Crippen LogP) is -3.09. The molecule has 0 radical (unpaired) electrons. The van der Waals surface area contributed by atoms with Gasteiger partial charge in [0.25, 0.3) is 5.97 Å². The summed E-state index contributed by atoms with van der Waals surface area (Å²) in [4.78, 5) is 17.9. The Morgan fingerprint density at radius 1 is 1.13 bits per heavy atom. The van der Waals surface area contributed by atoms with Crippen molar-refractivity contribution in [1.82, 2.24) is 0 Å². The second-order valence-corrected chi connectivity index (χ2v) is 1.46. The molecule has 6 nitrogen and oxygen atoms in total. The zero-order valence-corrected chi connectivity index (χ0v) is 12.7. The second-order valence-electron chi connectivity index (χ2n) is 1.46. The fourth-order valence-electron chi connectivity index (χ4n) is 0. The van der Waals surface area contributed by atoms with Crippen LogP contribution in [0.25, 0.3) is 0 Å². The Morgan fingerprint density at radius 3 is 1.13 bits per heavy atom. The molecular weight excluding hydrogens is 227 g/mol. The molecule has 0 aromatic carbocycles. The molecule has 0 atom stereocenters. The van der Waals surface area contributed by atoms with Crippen molar-refractivity contribution >= 4 is 11.9 Å². The molecule has 15 heavy (non-hydrogen) atoms. The number of rotatable bonds is 0. The van der Waals surface area contributed by atoms with Gasteiger partial charge in [0.05, 0.1) is 12.1 Å². The van der Waals surface area contributed by atoms with E-state index in [9.17, 15) is 0 Å². The van der Waals surface area contributed by atoms with Gasteiger partial charge in [-0.05, 0) is 6.92 Å². The third kappa shape index (κ3) is 9200. The van der Waals surface area contributed by atoms with Gasteiger partial charge < -0.3 is 15.0 Å². The first-order valence-electron chi connectivity index (χ1n) is 3.28. The van der Waals surface area contributed by atoms with Gasteiger partial charge in [-0.3, -0.25) is 4.79 Å². The number of carbonyl (C=O) groups is 2. The van der Waals surface area contributed by atoms with Crippen LogP contribution in [0.1, 0.15) is 27.7 Å². The minimum Gasteiger partial charge on any atom is -0.550 e. The predicted molar refractivity (Wildman–Crippen MR) is 46.6 cm³/mol. The van der Waals surface area contributed by atoms with Crippen LogP contribution in [0.2, 0.25) is 0 Å². The quantitative estimate of drug-likeness (QED) is 0.447. The van der Waals surface area contributed by atoms with E-state index >= 15 is 0 Å². The van der Waals surface area contributed by atoms with Crippen LogP contribution in [0.3, 0.4) is 0 Å². The molecule has 0 rings (SSSR count). The van der Waals surface area contributed by atoms with E-state index in [1.165, 1.54) is 13.8 Å². The number of hydrogen-bond donors (Lipinski definition) is 1. The summed E-state index contributed by atoms with van der Waals surface area (Å²) in [7, 11) is 0. The van der Waals surface area contributed by atoms with Crippen molar-refractivity contribution < 1.29 is 71.2 Å². The molecular formula is C8H13KN2O4. The van der Waals surface area contributed by atoms with Crippen LogP contribution in [-0.4, -0.2) is 17.0 Å². The molecule has 0 bridgehead atoms. The van der Waals surface area contributed by atoms with Crippen molar-refractivity contribution in [2.45, 2.75) is 27.7 Å². The first kappa shape index (κ1) is 29.3. The van der Waals surface area contributed by atoms with Crippen LogP contribution in [0.5, 0.6) is 0 Å². The molecule has 1 N–H and O–H groups in total. The Hall–Kier alpha value is -0.444. The summed E-state index contributed by atoms with van der Waals surface area (Å²) in [6.07, 6.45) is 0. The summed E-state index contributed by atoms with van der Waals surface area (Å²) in [6.45, 7) is 4.92. The topological polar surface area (TPSA) is 125 Å². The zero-order valence-electron chi connectivity index (χ0n) is 9.57. The summed E-state index contributed by atoms with van der Waals surface area (Å²) in [5.74, 6) is -1.92. The molecule has 0 aromatic rings. The molecule has 0 aliphatic carbocycles. The maximum Gasteiger partial charge on any atom is 1.00 e. The fraction of sp³-hybridized carbons (Fsp3) is 0.500. The van der Waals surface area contributed by atoms with E-state index in [4.69, 9.17) is 30.3 Å². The van der Waals surface area contributed by atoms with Gasteiger partial charge in [-0.15, -0.1) is 0 Å². The van der Waals surface area contributed by atoms with Gasteiger partial charge in [-0.1, -0.05) is 0 Å². The van der Waals surface area contributed by atoms with Crippen molar-refractivity contribution in [3.05, 3.63) is 0 Å². The maximum absolute atomic E-state index is 9.00. The first-order chi connectivity index (χ1) is 6.29. The standard InChI is InChI=1S/2C2H3N.2C2H4O2.K/c2*1-2-3;2*1-2(3)4;/h2*1H3;2*1H3,(H,3,4);/q;;;;+1/p-1. The zero-order chi connectivity index (χ0) is 12.6. The molecule has 0 aromatic heterocycles. The molecule has 0 amide bonds. The molecule has 0 spiro atoms. The van der Waals surface area contributed by atoms with E-state index in [1.807, 2.05) is 0 Å². The van der Waals surface area contributed by atoms with Crippen molar-refractivity contribution in [2.75, 3.05) is 0 Å². The SMILES string of the molecule is CC#N.CC#N.CC(=O)O.CC(=O)[O-].[K+]. The van der Waals surface area contributed by atoms with Crippen molar-refractivity contribution in [3.63, 3.8) is 0 Å². The van der Waals surface area contributed by atoms with Gasteiger partial charge in [-0.2, -0.15) is 10.5 Å². The van der Waals surface area contributed by atoms with Crippen LogP contribution in [0, 0.1) is 22.7 Å². The Morgan fingerprint density at radius 2 is 1.13 bits per heavy atom. The van der Waals surface area contributed by atoms with Crippen molar-refractivity contribution in [2.24, 2.45) is 0 Å². The van der Waals surface area contributed by atoms with Gasteiger partial charge in [0, 0.05) is 26.7 Å². The van der Waals surface area contributed by atoms with Crippen LogP contribution in [0.4, 0.5) is 0 Å². The fourth-order valence-corrected chi connectivity index (χ4v) is 0. The van der Waals surface area contributed by atoms with E-state index in [2.05, 4.69) is 0 Å². The monoisotopic (exact) mass is 240 g/mol. The first-order valence-corrected chi connectivity index (χ1v) is 3.28. The largest absolute Gasteiger partial charge is 1.00 e.